The highest BCUT2D eigenvalue weighted by molar-refractivity contribution is 5.24. The predicted octanol–water partition coefficient (Wildman–Crippen LogP) is 1.62. The number of aliphatic hydroxyl groups is 1. The maximum atomic E-state index is 12.1. The molecule has 3 N–H and O–H groups in total. The lowest BCUT2D eigenvalue weighted by Crippen LogP contribution is -2.11. The number of alkyl halides is 2. The van der Waals surface area contributed by atoms with Gasteiger partial charge in [0.05, 0.1) is 6.10 Å². The molecule has 0 aliphatic heterocycles. The van der Waals surface area contributed by atoms with Crippen LogP contribution in [0.3, 0.4) is 0 Å². The van der Waals surface area contributed by atoms with Gasteiger partial charge in [-0.15, -0.1) is 0 Å². The van der Waals surface area contributed by atoms with E-state index in [0.29, 0.717) is 5.56 Å². The third-order valence-corrected chi connectivity index (χ3v) is 1.80. The molecule has 1 unspecified atom stereocenters. The normalized spacial score (nSPS) is 13.3. The van der Waals surface area contributed by atoms with E-state index in [-0.39, 0.29) is 12.1 Å². The Morgan fingerprint density at radius 1 is 1.15 bits per heavy atom. The highest BCUT2D eigenvalue weighted by Gasteiger charge is 2.08. The van der Waals surface area contributed by atoms with E-state index in [0.717, 1.165) is 0 Å². The Hall–Kier alpha value is -1.00. The van der Waals surface area contributed by atoms with Crippen LogP contribution in [0, 0.1) is 0 Å². The number of nitrogens with two attached hydrogens (primary N) is 1. The maximum Gasteiger partial charge on any atom is 0.263 e. The summed E-state index contributed by atoms with van der Waals surface area (Å²) in [4.78, 5) is 0. The minimum absolute atomic E-state index is 0.0482. The molecule has 13 heavy (non-hydrogen) atoms. The molecule has 1 aromatic carbocycles. The van der Waals surface area contributed by atoms with Gasteiger partial charge in [0, 0.05) is 12.1 Å². The summed E-state index contributed by atoms with van der Waals surface area (Å²) >= 11 is 0. The third-order valence-electron chi connectivity index (χ3n) is 1.80. The van der Waals surface area contributed by atoms with Crippen molar-refractivity contribution in [1.29, 1.82) is 0 Å². The second-order valence-corrected chi connectivity index (χ2v) is 2.72. The third kappa shape index (κ3) is 2.47. The zero-order valence-corrected chi connectivity index (χ0v) is 6.95. The molecular formula is C9H11F2NO. The van der Waals surface area contributed by atoms with Crippen LogP contribution in [0.2, 0.25) is 0 Å². The van der Waals surface area contributed by atoms with Crippen molar-refractivity contribution in [3.05, 3.63) is 35.4 Å². The van der Waals surface area contributed by atoms with Crippen molar-refractivity contribution in [2.24, 2.45) is 5.73 Å². The van der Waals surface area contributed by atoms with Gasteiger partial charge in [-0.25, -0.2) is 8.78 Å². The first kappa shape index (κ1) is 10.1. The molecule has 4 heteroatoms. The Kier molecular flexibility index (Phi) is 3.33. The topological polar surface area (TPSA) is 46.2 Å². The van der Waals surface area contributed by atoms with Crippen molar-refractivity contribution < 1.29 is 13.9 Å². The number of rotatable bonds is 3. The van der Waals surface area contributed by atoms with Crippen molar-refractivity contribution >= 4 is 0 Å². The number of hydrogen-bond donors (Lipinski definition) is 2. The summed E-state index contributed by atoms with van der Waals surface area (Å²) < 4.78 is 24.2. The molecule has 0 heterocycles. The summed E-state index contributed by atoms with van der Waals surface area (Å²) in [7, 11) is 0. The molecule has 0 amide bonds. The Morgan fingerprint density at radius 3 is 2.00 bits per heavy atom. The molecule has 1 atom stereocenters. The lowest BCUT2D eigenvalue weighted by molar-refractivity contribution is 0.151. The van der Waals surface area contributed by atoms with Crippen molar-refractivity contribution in [3.8, 4) is 0 Å². The summed E-state index contributed by atoms with van der Waals surface area (Å²) in [6.45, 7) is 0.0913. The average Bonchev–Trinajstić information content (AvgIpc) is 2.17. The van der Waals surface area contributed by atoms with Gasteiger partial charge in [-0.1, -0.05) is 24.3 Å². The molecule has 1 aromatic rings. The Morgan fingerprint density at radius 2 is 1.62 bits per heavy atom. The minimum Gasteiger partial charge on any atom is -0.387 e. The highest BCUT2D eigenvalue weighted by atomic mass is 19.3. The zero-order chi connectivity index (χ0) is 9.84. The Balaban J connectivity index is 2.81. The van der Waals surface area contributed by atoms with Crippen molar-refractivity contribution in [1.82, 2.24) is 0 Å². The largest absolute Gasteiger partial charge is 0.387 e. The summed E-state index contributed by atoms with van der Waals surface area (Å²) in [6.07, 6.45) is -3.24. The molecule has 0 bridgehead atoms. The van der Waals surface area contributed by atoms with E-state index in [1.807, 2.05) is 0 Å². The molecule has 0 fully saturated rings. The first-order chi connectivity index (χ1) is 6.15. The van der Waals surface area contributed by atoms with E-state index < -0.39 is 12.5 Å². The van der Waals surface area contributed by atoms with E-state index in [1.54, 1.807) is 0 Å². The second kappa shape index (κ2) is 4.30. The van der Waals surface area contributed by atoms with Crippen LogP contribution >= 0.6 is 0 Å². The van der Waals surface area contributed by atoms with E-state index in [2.05, 4.69) is 0 Å². The van der Waals surface area contributed by atoms with Crippen molar-refractivity contribution in [3.63, 3.8) is 0 Å². The Labute approximate surface area is 75.0 Å². The monoisotopic (exact) mass is 187 g/mol. The molecule has 72 valence electrons. The Bertz CT molecular complexity index is 261. The van der Waals surface area contributed by atoms with Gasteiger partial charge in [0.1, 0.15) is 0 Å². The quantitative estimate of drug-likeness (QED) is 0.755. The number of hydrogen-bond acceptors (Lipinski definition) is 2. The summed E-state index contributed by atoms with van der Waals surface area (Å²) in [5.74, 6) is 0. The molecule has 0 aliphatic rings. The van der Waals surface area contributed by atoms with Crippen molar-refractivity contribution in [2.75, 3.05) is 6.54 Å². The van der Waals surface area contributed by atoms with Gasteiger partial charge >= 0.3 is 0 Å². The fraction of sp³-hybridized carbons (Fsp3) is 0.333. The van der Waals surface area contributed by atoms with Gasteiger partial charge in [0.25, 0.3) is 6.43 Å². The fourth-order valence-corrected chi connectivity index (χ4v) is 1.000. The molecule has 0 aliphatic carbocycles. The lowest BCUT2D eigenvalue weighted by atomic mass is 10.1. The van der Waals surface area contributed by atoms with E-state index in [4.69, 9.17) is 5.73 Å². The maximum absolute atomic E-state index is 12.1. The van der Waals surface area contributed by atoms with Crippen LogP contribution in [0.1, 0.15) is 23.7 Å². The second-order valence-electron chi connectivity index (χ2n) is 2.72. The number of aliphatic hydroxyl groups excluding tert-OH is 1. The molecule has 0 spiro atoms. The van der Waals surface area contributed by atoms with Gasteiger partial charge in [-0.05, 0) is 5.56 Å². The zero-order valence-electron chi connectivity index (χ0n) is 6.95. The molecule has 0 saturated carbocycles. The van der Waals surface area contributed by atoms with E-state index >= 15 is 0 Å². The first-order valence-electron chi connectivity index (χ1n) is 3.91. The van der Waals surface area contributed by atoms with Gasteiger partial charge in [0.2, 0.25) is 0 Å². The average molecular weight is 187 g/mol. The molecule has 0 aromatic heterocycles. The molecule has 0 radical (unpaired) electrons. The number of benzene rings is 1. The van der Waals surface area contributed by atoms with Crippen LogP contribution in [0.4, 0.5) is 8.78 Å². The van der Waals surface area contributed by atoms with Crippen LogP contribution in [-0.4, -0.2) is 11.7 Å². The van der Waals surface area contributed by atoms with Crippen LogP contribution < -0.4 is 5.73 Å². The summed E-state index contributed by atoms with van der Waals surface area (Å²) in [6, 6.07) is 5.50. The fourth-order valence-electron chi connectivity index (χ4n) is 1.000. The van der Waals surface area contributed by atoms with Gasteiger partial charge in [-0.3, -0.25) is 0 Å². The van der Waals surface area contributed by atoms with Gasteiger partial charge in [0.15, 0.2) is 0 Å². The SMILES string of the molecule is NCC(O)c1ccc(C(F)F)cc1. The van der Waals surface area contributed by atoms with Crippen molar-refractivity contribution in [2.45, 2.75) is 12.5 Å². The summed E-state index contributed by atoms with van der Waals surface area (Å²) in [5, 5.41) is 9.25. The molecule has 1 rings (SSSR count). The highest BCUT2D eigenvalue weighted by Crippen LogP contribution is 2.20. The molecule has 2 nitrogen and oxygen atoms in total. The van der Waals surface area contributed by atoms with Crippen LogP contribution in [0.15, 0.2) is 24.3 Å². The number of halogens is 2. The van der Waals surface area contributed by atoms with Gasteiger partial charge in [-0.2, -0.15) is 0 Å². The summed E-state index contributed by atoms with van der Waals surface area (Å²) in [5.41, 5.74) is 5.72. The van der Waals surface area contributed by atoms with E-state index in [1.165, 1.54) is 24.3 Å². The standard InChI is InChI=1S/C9H11F2NO/c10-9(11)7-3-1-6(2-4-7)8(13)5-12/h1-4,8-9,13H,5,12H2. The predicted molar refractivity (Wildman–Crippen MR) is 45.4 cm³/mol. The molecular weight excluding hydrogens is 176 g/mol. The van der Waals surface area contributed by atoms with Crippen LogP contribution in [0.25, 0.3) is 0 Å². The lowest BCUT2D eigenvalue weighted by Gasteiger charge is -2.08. The van der Waals surface area contributed by atoms with E-state index in [9.17, 15) is 13.9 Å². The molecule has 0 saturated heterocycles. The van der Waals surface area contributed by atoms with Crippen LogP contribution in [-0.2, 0) is 0 Å². The smallest absolute Gasteiger partial charge is 0.263 e. The minimum atomic E-state index is -2.47. The van der Waals surface area contributed by atoms with Gasteiger partial charge < -0.3 is 10.8 Å². The van der Waals surface area contributed by atoms with Crippen LogP contribution in [0.5, 0.6) is 0 Å². The first-order valence-corrected chi connectivity index (χ1v) is 3.91.